The molecule has 1 aromatic heterocycles. The van der Waals surface area contributed by atoms with Gasteiger partial charge in [-0.3, -0.25) is 4.79 Å². The van der Waals surface area contributed by atoms with Gasteiger partial charge in [0, 0.05) is 17.5 Å². The fourth-order valence-corrected chi connectivity index (χ4v) is 4.32. The highest BCUT2D eigenvalue weighted by atomic mass is 16.5. The Labute approximate surface area is 165 Å². The average molecular weight is 383 g/mol. The van der Waals surface area contributed by atoms with Gasteiger partial charge in [-0.2, -0.15) is 0 Å². The number of rotatable bonds is 3. The third-order valence-electron chi connectivity index (χ3n) is 6.14. The molecule has 1 fully saturated rings. The summed E-state index contributed by atoms with van der Waals surface area (Å²) >= 11 is 0. The van der Waals surface area contributed by atoms with E-state index in [1.54, 1.807) is 0 Å². The predicted molar refractivity (Wildman–Crippen MR) is 108 cm³/mol. The Morgan fingerprint density at radius 1 is 1.25 bits per heavy atom. The summed E-state index contributed by atoms with van der Waals surface area (Å²) in [6.07, 6.45) is 8.77. The molecule has 28 heavy (non-hydrogen) atoms. The first kappa shape index (κ1) is 19.0. The Hall–Kier alpha value is -2.34. The number of carbonyl (C=O) groups is 1. The van der Waals surface area contributed by atoms with E-state index in [9.17, 15) is 4.79 Å². The molecule has 1 amide bonds. The molecule has 4 rings (SSSR count). The van der Waals surface area contributed by atoms with Gasteiger partial charge < -0.3 is 14.9 Å². The summed E-state index contributed by atoms with van der Waals surface area (Å²) in [5.41, 5.74) is 11.6. The molecule has 0 saturated heterocycles. The Kier molecular flexibility index (Phi) is 5.15. The fraction of sp³-hybridized carbons (Fsp3) is 0.545. The largest absolute Gasteiger partial charge is 0.487 e. The maximum atomic E-state index is 11.9. The Morgan fingerprint density at radius 3 is 2.79 bits per heavy atom. The van der Waals surface area contributed by atoms with Gasteiger partial charge in [-0.15, -0.1) is 5.10 Å². The van der Waals surface area contributed by atoms with Crippen LogP contribution < -0.4 is 21.5 Å². The minimum Gasteiger partial charge on any atom is -0.487 e. The lowest BCUT2D eigenvalue weighted by atomic mass is 9.79. The quantitative estimate of drug-likeness (QED) is 0.795. The van der Waals surface area contributed by atoms with Crippen LogP contribution in [0.1, 0.15) is 63.0 Å². The molecule has 150 valence electrons. The van der Waals surface area contributed by atoms with Gasteiger partial charge in [0.25, 0.3) is 5.91 Å². The first-order valence-electron chi connectivity index (χ1n) is 10.4. The minimum absolute atomic E-state index is 0.000221. The van der Waals surface area contributed by atoms with Crippen LogP contribution in [0, 0.1) is 6.92 Å². The van der Waals surface area contributed by atoms with Crippen LogP contribution in [0.2, 0.25) is 0 Å². The van der Waals surface area contributed by atoms with Crippen molar-refractivity contribution < 1.29 is 13.9 Å². The van der Waals surface area contributed by atoms with Crippen LogP contribution in [0.5, 0.6) is 5.75 Å². The first-order chi connectivity index (χ1) is 13.5. The molecule has 1 aliphatic carbocycles. The van der Waals surface area contributed by atoms with Crippen molar-refractivity contribution in [2.45, 2.75) is 76.9 Å². The molecule has 0 bridgehead atoms. The van der Waals surface area contributed by atoms with Crippen LogP contribution in [0.25, 0.3) is 11.0 Å². The molecule has 1 saturated carbocycles. The molecular weight excluding hydrogens is 354 g/mol. The summed E-state index contributed by atoms with van der Waals surface area (Å²) in [6.45, 7) is 3.88. The fourth-order valence-electron chi connectivity index (χ4n) is 4.32. The zero-order chi connectivity index (χ0) is 19.7. The summed E-state index contributed by atoms with van der Waals surface area (Å²) in [5, 5.41) is 5.15. The van der Waals surface area contributed by atoms with E-state index in [1.807, 2.05) is 26.0 Å². The number of fused-ring (bicyclic) bond motifs is 2. The average Bonchev–Trinajstić information content (AvgIpc) is 2.70. The van der Waals surface area contributed by atoms with Gasteiger partial charge in [0.05, 0.1) is 6.04 Å². The van der Waals surface area contributed by atoms with Gasteiger partial charge in [-0.1, -0.05) is 13.3 Å². The number of carbonyl (C=O) groups excluding carboxylic acids is 1. The van der Waals surface area contributed by atoms with Crippen LogP contribution >= 0.6 is 0 Å². The number of benzene rings is 1. The van der Waals surface area contributed by atoms with E-state index in [1.165, 1.54) is 24.8 Å². The van der Waals surface area contributed by atoms with E-state index in [4.69, 9.17) is 14.9 Å². The highest BCUT2D eigenvalue weighted by molar-refractivity contribution is 5.83. The lowest BCUT2D eigenvalue weighted by Gasteiger charge is -2.41. The number of nitrogens with two attached hydrogens (primary N) is 1. The first-order valence-corrected chi connectivity index (χ1v) is 10.4. The zero-order valence-electron chi connectivity index (χ0n) is 16.7. The van der Waals surface area contributed by atoms with Crippen molar-refractivity contribution in [3.05, 3.63) is 34.9 Å². The second kappa shape index (κ2) is 7.59. The summed E-state index contributed by atoms with van der Waals surface area (Å²) in [7, 11) is 0. The highest BCUT2D eigenvalue weighted by Gasteiger charge is 2.37. The highest BCUT2D eigenvalue weighted by Crippen LogP contribution is 2.43. The number of ether oxygens (including phenoxy) is 1. The monoisotopic (exact) mass is 383 g/mol. The summed E-state index contributed by atoms with van der Waals surface area (Å²) in [6, 6.07) is 5.43. The summed E-state index contributed by atoms with van der Waals surface area (Å²) in [5.74, 6) is 0.612. The Balaban J connectivity index is 1.67. The zero-order valence-corrected chi connectivity index (χ0v) is 16.7. The van der Waals surface area contributed by atoms with Gasteiger partial charge in [-0.05, 0) is 69.1 Å². The molecule has 1 atom stereocenters. The Bertz CT molecular complexity index is 957. The molecule has 1 spiro atoms. The molecule has 2 aliphatic rings. The van der Waals surface area contributed by atoms with Gasteiger partial charge >= 0.3 is 0 Å². The maximum Gasteiger partial charge on any atom is 0.257 e. The third kappa shape index (κ3) is 3.65. The molecule has 2 aromatic rings. The number of hydrogen-bond acceptors (Lipinski definition) is 5. The smallest absolute Gasteiger partial charge is 0.257 e. The molecule has 0 unspecified atom stereocenters. The van der Waals surface area contributed by atoms with E-state index < -0.39 is 6.04 Å². The second-order valence-electron chi connectivity index (χ2n) is 8.17. The van der Waals surface area contributed by atoms with Crippen molar-refractivity contribution in [1.29, 1.82) is 0 Å². The number of nitrogens with zero attached hydrogens (tertiary/aromatic N) is 1. The normalized spacial score (nSPS) is 19.9. The van der Waals surface area contributed by atoms with Crippen LogP contribution in [0.15, 0.2) is 27.7 Å². The molecule has 6 heteroatoms. The van der Waals surface area contributed by atoms with Gasteiger partial charge in [0.2, 0.25) is 5.55 Å². The lowest BCUT2D eigenvalue weighted by molar-refractivity contribution is -0.122. The molecule has 1 aliphatic heterocycles. The van der Waals surface area contributed by atoms with E-state index in [0.717, 1.165) is 48.0 Å². The van der Waals surface area contributed by atoms with Crippen molar-refractivity contribution in [3.8, 4) is 5.75 Å². The molecule has 6 nitrogen and oxygen atoms in total. The van der Waals surface area contributed by atoms with Gasteiger partial charge in [0.15, 0.2) is 0 Å². The predicted octanol–water partition coefficient (Wildman–Crippen LogP) is 3.44. The minimum atomic E-state index is -0.572. The SMILES string of the molecule is CC[C@H](N)C(=O)N/N=c1/cc(C)c2cc3c(cc2o1)OC1(CCCCC1)CC3. The second-order valence-corrected chi connectivity index (χ2v) is 8.17. The number of aryl methyl sites for hydroxylation is 2. The molecule has 0 radical (unpaired) electrons. The van der Waals surface area contributed by atoms with E-state index in [2.05, 4.69) is 16.6 Å². The number of hydrogen-bond donors (Lipinski definition) is 2. The summed E-state index contributed by atoms with van der Waals surface area (Å²) in [4.78, 5) is 11.9. The standard InChI is InChI=1S/C22H29N3O3/c1-3-17(23)21(26)25-24-20-11-14(2)16-12-15-7-10-22(8-5-4-6-9-22)28-18(15)13-19(16)27-20/h11-13,17H,3-10,23H2,1-2H3,(H,25,26)/b24-20-/t17-/m0/s1. The van der Waals surface area contributed by atoms with Crippen LogP contribution in [-0.4, -0.2) is 17.6 Å². The van der Waals surface area contributed by atoms with Crippen molar-refractivity contribution in [3.63, 3.8) is 0 Å². The van der Waals surface area contributed by atoms with E-state index in [-0.39, 0.29) is 11.5 Å². The van der Waals surface area contributed by atoms with Crippen LogP contribution in [0.4, 0.5) is 0 Å². The molecule has 3 N–H and O–H groups in total. The molecule has 2 heterocycles. The van der Waals surface area contributed by atoms with E-state index >= 15 is 0 Å². The lowest BCUT2D eigenvalue weighted by Crippen LogP contribution is -2.41. The Morgan fingerprint density at radius 2 is 2.04 bits per heavy atom. The van der Waals surface area contributed by atoms with Crippen LogP contribution in [0.3, 0.4) is 0 Å². The van der Waals surface area contributed by atoms with Gasteiger partial charge in [-0.25, -0.2) is 5.43 Å². The third-order valence-corrected chi connectivity index (χ3v) is 6.14. The molecular formula is C22H29N3O3. The van der Waals surface area contributed by atoms with Crippen molar-refractivity contribution in [2.75, 3.05) is 0 Å². The number of amides is 1. The van der Waals surface area contributed by atoms with Gasteiger partial charge in [0.1, 0.15) is 16.9 Å². The van der Waals surface area contributed by atoms with Crippen LogP contribution in [-0.2, 0) is 11.2 Å². The summed E-state index contributed by atoms with van der Waals surface area (Å²) < 4.78 is 12.5. The topological polar surface area (TPSA) is 89.9 Å². The molecule has 1 aromatic carbocycles. The van der Waals surface area contributed by atoms with E-state index in [0.29, 0.717) is 12.0 Å². The maximum absolute atomic E-state index is 11.9. The van der Waals surface area contributed by atoms with Crippen molar-refractivity contribution >= 4 is 16.9 Å². The van der Waals surface area contributed by atoms with Crippen molar-refractivity contribution in [2.24, 2.45) is 10.8 Å². The number of nitrogens with one attached hydrogen (secondary N) is 1. The van der Waals surface area contributed by atoms with Crippen molar-refractivity contribution in [1.82, 2.24) is 5.43 Å².